The topological polar surface area (TPSA) is 84.4 Å². The molecule has 0 amide bonds. The molecular weight excluding hydrogens is 248 g/mol. The maximum absolute atomic E-state index is 10.8. The third-order valence-corrected chi connectivity index (χ3v) is 2.86. The van der Waals surface area contributed by atoms with Crippen molar-refractivity contribution in [2.45, 2.75) is 6.92 Å². The molecule has 0 saturated heterocycles. The van der Waals surface area contributed by atoms with Crippen molar-refractivity contribution in [3.63, 3.8) is 0 Å². The van der Waals surface area contributed by atoms with Crippen LogP contribution in [0.3, 0.4) is 0 Å². The zero-order chi connectivity index (χ0) is 14.0. The Morgan fingerprint density at radius 3 is 2.21 bits per heavy atom. The Balaban J connectivity index is 2.51. The Kier molecular flexibility index (Phi) is 3.41. The fourth-order valence-electron chi connectivity index (χ4n) is 1.81. The first-order valence-electron chi connectivity index (χ1n) is 5.58. The molecule has 0 radical (unpaired) electrons. The second-order valence-corrected chi connectivity index (χ2v) is 3.98. The fourth-order valence-corrected chi connectivity index (χ4v) is 1.81. The van der Waals surface area contributed by atoms with Gasteiger partial charge in [0.2, 0.25) is 0 Å². The number of H-pyrrole nitrogens is 1. The summed E-state index contributed by atoms with van der Waals surface area (Å²) >= 11 is 0. The third-order valence-electron chi connectivity index (χ3n) is 2.86. The van der Waals surface area contributed by atoms with Crippen LogP contribution in [0.15, 0.2) is 18.2 Å². The van der Waals surface area contributed by atoms with Crippen molar-refractivity contribution in [3.05, 3.63) is 29.5 Å². The van der Waals surface area contributed by atoms with Gasteiger partial charge in [-0.2, -0.15) is 5.10 Å². The minimum Gasteiger partial charge on any atom is -0.496 e. The van der Waals surface area contributed by atoms with Gasteiger partial charge in [-0.15, -0.1) is 0 Å². The summed E-state index contributed by atoms with van der Waals surface area (Å²) in [7, 11) is 3.14. The molecular formula is C13H14N2O4. The number of hydrogen-bond acceptors (Lipinski definition) is 4. The van der Waals surface area contributed by atoms with Gasteiger partial charge in [-0.3, -0.25) is 5.10 Å². The third kappa shape index (κ3) is 2.37. The molecule has 19 heavy (non-hydrogen) atoms. The molecule has 0 aliphatic heterocycles. The van der Waals surface area contributed by atoms with Crippen molar-refractivity contribution in [3.8, 4) is 22.8 Å². The molecule has 1 heterocycles. The molecule has 0 spiro atoms. The van der Waals surface area contributed by atoms with Crippen LogP contribution in [0.5, 0.6) is 11.5 Å². The molecule has 2 rings (SSSR count). The quantitative estimate of drug-likeness (QED) is 0.881. The standard InChI is InChI=1S/C13H14N2O4/c1-7-11(18-2)4-8(5-12(7)19-3)9-6-10(13(16)17)15-14-9/h4-6H,1-3H3,(H,14,15)(H,16,17). The first-order chi connectivity index (χ1) is 9.06. The number of benzene rings is 1. The highest BCUT2D eigenvalue weighted by atomic mass is 16.5. The number of nitrogens with one attached hydrogen (secondary N) is 1. The van der Waals surface area contributed by atoms with E-state index in [0.29, 0.717) is 17.2 Å². The number of rotatable bonds is 4. The van der Waals surface area contributed by atoms with Crippen LogP contribution in [0, 0.1) is 6.92 Å². The van der Waals surface area contributed by atoms with Gasteiger partial charge in [0.1, 0.15) is 17.2 Å². The monoisotopic (exact) mass is 262 g/mol. The van der Waals surface area contributed by atoms with Gasteiger partial charge in [-0.05, 0) is 25.1 Å². The number of carboxylic acid groups (broad SMARTS) is 1. The minimum atomic E-state index is -1.05. The average Bonchev–Trinajstić information content (AvgIpc) is 2.89. The zero-order valence-corrected chi connectivity index (χ0v) is 10.9. The number of aromatic carboxylic acids is 1. The predicted octanol–water partition coefficient (Wildman–Crippen LogP) is 2.10. The Labute approximate surface area is 110 Å². The number of ether oxygens (including phenoxy) is 2. The van der Waals surface area contributed by atoms with Crippen molar-refractivity contribution in [2.24, 2.45) is 0 Å². The summed E-state index contributed by atoms with van der Waals surface area (Å²) in [4.78, 5) is 10.8. The zero-order valence-electron chi connectivity index (χ0n) is 10.9. The Morgan fingerprint density at radius 2 is 1.79 bits per heavy atom. The maximum Gasteiger partial charge on any atom is 0.353 e. The second-order valence-electron chi connectivity index (χ2n) is 3.98. The number of aromatic nitrogens is 2. The molecule has 0 aliphatic rings. The molecule has 0 saturated carbocycles. The van der Waals surface area contributed by atoms with E-state index in [2.05, 4.69) is 10.2 Å². The molecule has 0 unspecified atom stereocenters. The molecule has 100 valence electrons. The number of carboxylic acids is 1. The van der Waals surface area contributed by atoms with Gasteiger partial charge in [-0.25, -0.2) is 4.79 Å². The van der Waals surface area contributed by atoms with Crippen LogP contribution in [0.1, 0.15) is 16.1 Å². The number of hydrogen-bond donors (Lipinski definition) is 2. The average molecular weight is 262 g/mol. The van der Waals surface area contributed by atoms with E-state index in [1.165, 1.54) is 6.07 Å². The van der Waals surface area contributed by atoms with E-state index >= 15 is 0 Å². The molecule has 0 bridgehead atoms. The Morgan fingerprint density at radius 1 is 1.21 bits per heavy atom. The Bertz CT molecular complexity index is 594. The van der Waals surface area contributed by atoms with Crippen molar-refractivity contribution < 1.29 is 19.4 Å². The van der Waals surface area contributed by atoms with E-state index in [1.54, 1.807) is 26.4 Å². The number of carbonyl (C=O) groups is 1. The summed E-state index contributed by atoms with van der Waals surface area (Å²) in [6, 6.07) is 5.05. The number of methoxy groups -OCH3 is 2. The van der Waals surface area contributed by atoms with Gasteiger partial charge in [0, 0.05) is 11.1 Å². The second kappa shape index (κ2) is 5.01. The van der Waals surface area contributed by atoms with Gasteiger partial charge in [0.25, 0.3) is 0 Å². The Hall–Kier alpha value is -2.50. The summed E-state index contributed by atoms with van der Waals surface area (Å²) in [5.41, 5.74) is 2.16. The van der Waals surface area contributed by atoms with Gasteiger partial charge in [0.05, 0.1) is 19.9 Å². The molecule has 2 N–H and O–H groups in total. The van der Waals surface area contributed by atoms with E-state index in [0.717, 1.165) is 11.1 Å². The molecule has 1 aromatic heterocycles. The van der Waals surface area contributed by atoms with Crippen molar-refractivity contribution >= 4 is 5.97 Å². The van der Waals surface area contributed by atoms with Crippen molar-refractivity contribution in [1.29, 1.82) is 0 Å². The van der Waals surface area contributed by atoms with Crippen molar-refractivity contribution in [2.75, 3.05) is 14.2 Å². The highest BCUT2D eigenvalue weighted by molar-refractivity contribution is 5.87. The molecule has 0 fully saturated rings. The lowest BCUT2D eigenvalue weighted by Gasteiger charge is -2.11. The van der Waals surface area contributed by atoms with Gasteiger partial charge >= 0.3 is 5.97 Å². The molecule has 0 aliphatic carbocycles. The van der Waals surface area contributed by atoms with E-state index in [9.17, 15) is 4.79 Å². The van der Waals surface area contributed by atoms with Crippen LogP contribution in [-0.4, -0.2) is 35.5 Å². The summed E-state index contributed by atoms with van der Waals surface area (Å²) in [6.07, 6.45) is 0. The lowest BCUT2D eigenvalue weighted by Crippen LogP contribution is -1.95. The maximum atomic E-state index is 10.8. The summed E-state index contributed by atoms with van der Waals surface area (Å²) < 4.78 is 10.5. The lowest BCUT2D eigenvalue weighted by molar-refractivity contribution is 0.0690. The van der Waals surface area contributed by atoms with Gasteiger partial charge in [0.15, 0.2) is 0 Å². The van der Waals surface area contributed by atoms with Crippen LogP contribution in [0.4, 0.5) is 0 Å². The first kappa shape index (κ1) is 12.9. The molecule has 2 aromatic rings. The summed E-state index contributed by atoms with van der Waals surface area (Å²) in [6.45, 7) is 1.88. The highest BCUT2D eigenvalue weighted by Gasteiger charge is 2.13. The van der Waals surface area contributed by atoms with Crippen LogP contribution in [-0.2, 0) is 0 Å². The lowest BCUT2D eigenvalue weighted by atomic mass is 10.1. The molecule has 0 atom stereocenters. The van der Waals surface area contributed by atoms with Gasteiger partial charge < -0.3 is 14.6 Å². The summed E-state index contributed by atoms with van der Waals surface area (Å²) in [5, 5.41) is 15.3. The highest BCUT2D eigenvalue weighted by Crippen LogP contribution is 2.33. The summed E-state index contributed by atoms with van der Waals surface area (Å²) in [5.74, 6) is 0.272. The molecule has 6 nitrogen and oxygen atoms in total. The molecule has 6 heteroatoms. The normalized spacial score (nSPS) is 10.3. The predicted molar refractivity (Wildman–Crippen MR) is 68.8 cm³/mol. The van der Waals surface area contributed by atoms with E-state index in [1.807, 2.05) is 6.92 Å². The largest absolute Gasteiger partial charge is 0.496 e. The van der Waals surface area contributed by atoms with Crippen LogP contribution >= 0.6 is 0 Å². The van der Waals surface area contributed by atoms with Gasteiger partial charge in [-0.1, -0.05) is 0 Å². The molecule has 1 aromatic carbocycles. The number of aromatic amines is 1. The van der Waals surface area contributed by atoms with Crippen LogP contribution in [0.25, 0.3) is 11.3 Å². The van der Waals surface area contributed by atoms with E-state index in [-0.39, 0.29) is 5.69 Å². The van der Waals surface area contributed by atoms with E-state index < -0.39 is 5.97 Å². The minimum absolute atomic E-state index is 0.0357. The smallest absolute Gasteiger partial charge is 0.353 e. The van der Waals surface area contributed by atoms with E-state index in [4.69, 9.17) is 14.6 Å². The van der Waals surface area contributed by atoms with Crippen molar-refractivity contribution in [1.82, 2.24) is 10.2 Å². The van der Waals surface area contributed by atoms with Crippen LogP contribution in [0.2, 0.25) is 0 Å². The SMILES string of the molecule is COc1cc(-c2cc(C(=O)O)[nH]n2)cc(OC)c1C. The fraction of sp³-hybridized carbons (Fsp3) is 0.231. The number of nitrogens with zero attached hydrogens (tertiary/aromatic N) is 1. The van der Waals surface area contributed by atoms with Crippen LogP contribution < -0.4 is 9.47 Å². The first-order valence-corrected chi connectivity index (χ1v) is 5.58.